The number of nitrogens with one attached hydrogen (secondary N) is 2. The summed E-state index contributed by atoms with van der Waals surface area (Å²) in [5.41, 5.74) is 3.34. The summed E-state index contributed by atoms with van der Waals surface area (Å²) in [7, 11) is 1.68. The molecule has 0 aliphatic carbocycles. The number of anilines is 2. The van der Waals surface area contributed by atoms with Gasteiger partial charge in [0, 0.05) is 11.4 Å². The van der Waals surface area contributed by atoms with Gasteiger partial charge in [0.1, 0.15) is 5.75 Å². The van der Waals surface area contributed by atoms with Crippen molar-refractivity contribution in [2.45, 2.75) is 13.3 Å². The second-order valence-corrected chi connectivity index (χ2v) is 6.67. The fraction of sp³-hybridized carbons (Fsp3) is 0.381. The number of methoxy groups -OCH3 is 1. The number of ether oxygens (including phenoxy) is 1. The Balaban J connectivity index is 1.49. The van der Waals surface area contributed by atoms with Crippen molar-refractivity contribution in [3.63, 3.8) is 0 Å². The summed E-state index contributed by atoms with van der Waals surface area (Å²) in [6.07, 6.45) is 0.920. The van der Waals surface area contributed by atoms with Gasteiger partial charge in [0.25, 0.3) is 5.91 Å². The maximum atomic E-state index is 12.4. The van der Waals surface area contributed by atoms with Crippen LogP contribution in [0.4, 0.5) is 11.4 Å². The first kappa shape index (κ1) is 18.3. The van der Waals surface area contributed by atoms with Crippen molar-refractivity contribution in [3.8, 4) is 5.75 Å². The summed E-state index contributed by atoms with van der Waals surface area (Å²) in [6, 6.07) is 16.2. The summed E-state index contributed by atoms with van der Waals surface area (Å²) in [5, 5.41) is 3.08. The zero-order valence-corrected chi connectivity index (χ0v) is 15.6. The fourth-order valence-corrected chi connectivity index (χ4v) is 3.42. The predicted molar refractivity (Wildman–Crippen MR) is 105 cm³/mol. The molecule has 2 N–H and O–H groups in total. The van der Waals surface area contributed by atoms with E-state index in [-0.39, 0.29) is 5.91 Å². The van der Waals surface area contributed by atoms with Gasteiger partial charge < -0.3 is 19.9 Å². The van der Waals surface area contributed by atoms with E-state index in [1.807, 2.05) is 30.3 Å². The molecule has 1 aliphatic heterocycles. The quantitative estimate of drug-likeness (QED) is 0.828. The SMILES string of the molecule is CCc1ccccc1NC(=O)C[NH+]1CCN(c2ccc(OC)cc2)CC1. The first-order valence-corrected chi connectivity index (χ1v) is 9.30. The average molecular weight is 354 g/mol. The third-order valence-electron chi connectivity index (χ3n) is 4.99. The molecule has 0 aromatic heterocycles. The van der Waals surface area contributed by atoms with Gasteiger partial charge >= 0.3 is 0 Å². The number of rotatable bonds is 6. The minimum Gasteiger partial charge on any atom is -0.497 e. The Bertz CT molecular complexity index is 722. The van der Waals surface area contributed by atoms with Crippen LogP contribution < -0.4 is 19.9 Å². The molecule has 5 heteroatoms. The van der Waals surface area contributed by atoms with Gasteiger partial charge in [-0.15, -0.1) is 0 Å². The second-order valence-electron chi connectivity index (χ2n) is 6.67. The second kappa shape index (κ2) is 8.72. The van der Waals surface area contributed by atoms with Crippen molar-refractivity contribution in [1.29, 1.82) is 0 Å². The minimum absolute atomic E-state index is 0.0961. The van der Waals surface area contributed by atoms with E-state index in [1.165, 1.54) is 16.2 Å². The highest BCUT2D eigenvalue weighted by molar-refractivity contribution is 5.92. The molecule has 0 spiro atoms. The zero-order valence-electron chi connectivity index (χ0n) is 15.6. The molecule has 3 rings (SSSR count). The monoisotopic (exact) mass is 354 g/mol. The molecule has 0 atom stereocenters. The van der Waals surface area contributed by atoms with Crippen molar-refractivity contribution >= 4 is 17.3 Å². The van der Waals surface area contributed by atoms with Crippen LogP contribution >= 0.6 is 0 Å². The summed E-state index contributed by atoms with van der Waals surface area (Å²) in [6.45, 7) is 6.48. The lowest BCUT2D eigenvalue weighted by Gasteiger charge is -2.33. The van der Waals surface area contributed by atoms with E-state index in [4.69, 9.17) is 4.74 Å². The van der Waals surface area contributed by atoms with Crippen LogP contribution in [0.25, 0.3) is 0 Å². The Labute approximate surface area is 155 Å². The number of nitrogens with zero attached hydrogens (tertiary/aromatic N) is 1. The highest BCUT2D eigenvalue weighted by Gasteiger charge is 2.22. The largest absolute Gasteiger partial charge is 0.497 e. The molecule has 1 heterocycles. The van der Waals surface area contributed by atoms with Crippen molar-refractivity contribution < 1.29 is 14.4 Å². The number of quaternary nitrogens is 1. The molecule has 0 saturated carbocycles. The number of carbonyl (C=O) groups is 1. The lowest BCUT2D eigenvalue weighted by molar-refractivity contribution is -0.892. The normalized spacial score (nSPS) is 14.9. The summed E-state index contributed by atoms with van der Waals surface area (Å²) in [4.78, 5) is 16.1. The van der Waals surface area contributed by atoms with E-state index >= 15 is 0 Å². The highest BCUT2D eigenvalue weighted by Crippen LogP contribution is 2.19. The van der Waals surface area contributed by atoms with Gasteiger partial charge in [0.2, 0.25) is 0 Å². The van der Waals surface area contributed by atoms with Crippen LogP contribution in [0, 0.1) is 0 Å². The van der Waals surface area contributed by atoms with E-state index in [2.05, 4.69) is 35.3 Å². The van der Waals surface area contributed by atoms with Crippen molar-refractivity contribution in [2.24, 2.45) is 0 Å². The average Bonchev–Trinajstić information content (AvgIpc) is 2.69. The summed E-state index contributed by atoms with van der Waals surface area (Å²) >= 11 is 0. The zero-order chi connectivity index (χ0) is 18.4. The number of carbonyl (C=O) groups excluding carboxylic acids is 1. The van der Waals surface area contributed by atoms with Crippen LogP contribution in [0.3, 0.4) is 0 Å². The number of aryl methyl sites for hydroxylation is 1. The van der Waals surface area contributed by atoms with E-state index in [0.29, 0.717) is 6.54 Å². The van der Waals surface area contributed by atoms with E-state index in [1.54, 1.807) is 7.11 Å². The van der Waals surface area contributed by atoms with Crippen LogP contribution in [-0.4, -0.2) is 45.7 Å². The van der Waals surface area contributed by atoms with Crippen LogP contribution in [0.5, 0.6) is 5.75 Å². The molecule has 0 unspecified atom stereocenters. The van der Waals surface area contributed by atoms with Crippen molar-refractivity contribution in [1.82, 2.24) is 0 Å². The first-order chi connectivity index (χ1) is 12.7. The maximum Gasteiger partial charge on any atom is 0.279 e. The van der Waals surface area contributed by atoms with Crippen LogP contribution in [-0.2, 0) is 11.2 Å². The Kier molecular flexibility index (Phi) is 6.12. The molecule has 0 bridgehead atoms. The number of benzene rings is 2. The fourth-order valence-electron chi connectivity index (χ4n) is 3.42. The first-order valence-electron chi connectivity index (χ1n) is 9.30. The summed E-state index contributed by atoms with van der Waals surface area (Å²) in [5.74, 6) is 0.973. The molecular formula is C21H28N3O2+. The molecule has 1 fully saturated rings. The number of piperazine rings is 1. The van der Waals surface area contributed by atoms with E-state index in [0.717, 1.165) is 44.0 Å². The molecule has 26 heavy (non-hydrogen) atoms. The van der Waals surface area contributed by atoms with Gasteiger partial charge in [-0.1, -0.05) is 25.1 Å². The number of para-hydroxylation sites is 1. The molecular weight excluding hydrogens is 326 g/mol. The van der Waals surface area contributed by atoms with Crippen LogP contribution in [0.1, 0.15) is 12.5 Å². The lowest BCUT2D eigenvalue weighted by atomic mass is 10.1. The van der Waals surface area contributed by atoms with E-state index in [9.17, 15) is 4.79 Å². The van der Waals surface area contributed by atoms with Gasteiger partial charge in [0.05, 0.1) is 33.3 Å². The van der Waals surface area contributed by atoms with Crippen LogP contribution in [0.2, 0.25) is 0 Å². The Morgan fingerprint density at radius 2 is 1.81 bits per heavy atom. The van der Waals surface area contributed by atoms with Gasteiger partial charge in [-0.05, 0) is 42.3 Å². The third-order valence-corrected chi connectivity index (χ3v) is 4.99. The maximum absolute atomic E-state index is 12.4. The smallest absolute Gasteiger partial charge is 0.279 e. The molecule has 1 aliphatic rings. The number of amides is 1. The van der Waals surface area contributed by atoms with Crippen molar-refractivity contribution in [2.75, 3.05) is 50.1 Å². The van der Waals surface area contributed by atoms with Crippen LogP contribution in [0.15, 0.2) is 48.5 Å². The van der Waals surface area contributed by atoms with Gasteiger partial charge in [0.15, 0.2) is 6.54 Å². The Morgan fingerprint density at radius 3 is 2.46 bits per heavy atom. The van der Waals surface area contributed by atoms with Gasteiger partial charge in [-0.2, -0.15) is 0 Å². The third kappa shape index (κ3) is 4.55. The van der Waals surface area contributed by atoms with Crippen molar-refractivity contribution in [3.05, 3.63) is 54.1 Å². The highest BCUT2D eigenvalue weighted by atomic mass is 16.5. The molecule has 138 valence electrons. The molecule has 5 nitrogen and oxygen atoms in total. The minimum atomic E-state index is 0.0961. The number of hydrogen-bond acceptors (Lipinski definition) is 3. The topological polar surface area (TPSA) is 46.0 Å². The molecule has 1 saturated heterocycles. The summed E-state index contributed by atoms with van der Waals surface area (Å²) < 4.78 is 5.22. The predicted octanol–water partition coefficient (Wildman–Crippen LogP) is 1.60. The molecule has 0 radical (unpaired) electrons. The van der Waals surface area contributed by atoms with Gasteiger partial charge in [-0.3, -0.25) is 4.79 Å². The molecule has 1 amide bonds. The molecule has 2 aromatic carbocycles. The van der Waals surface area contributed by atoms with Gasteiger partial charge in [-0.25, -0.2) is 0 Å². The Hall–Kier alpha value is -2.53. The number of hydrogen-bond donors (Lipinski definition) is 2. The Morgan fingerprint density at radius 1 is 1.12 bits per heavy atom. The standard InChI is InChI=1S/C21H27N3O2/c1-3-17-6-4-5-7-20(17)22-21(25)16-23-12-14-24(15-13-23)18-8-10-19(26-2)11-9-18/h4-11H,3,12-16H2,1-2H3,(H,22,25)/p+1. The van der Waals surface area contributed by atoms with E-state index < -0.39 is 0 Å². The molecule has 2 aromatic rings. The lowest BCUT2D eigenvalue weighted by Crippen LogP contribution is -3.15.